The third-order valence-corrected chi connectivity index (χ3v) is 6.12. The van der Waals surface area contributed by atoms with Gasteiger partial charge in [-0.15, -0.1) is 0 Å². The second-order valence-corrected chi connectivity index (χ2v) is 8.33. The molecule has 158 valence electrons. The number of H-pyrrole nitrogens is 1. The van der Waals surface area contributed by atoms with Crippen molar-refractivity contribution in [3.8, 4) is 11.1 Å². The third-order valence-electron chi connectivity index (χ3n) is 5.14. The predicted molar refractivity (Wildman–Crippen MR) is 127 cm³/mol. The molecule has 0 aliphatic carbocycles. The number of hydrogen-bond acceptors (Lipinski definition) is 4. The number of fused-ring (bicyclic) bond motifs is 1. The molecule has 7 heteroatoms. The van der Waals surface area contributed by atoms with Gasteiger partial charge in [-0.05, 0) is 38.0 Å². The van der Waals surface area contributed by atoms with Crippen LogP contribution in [0.25, 0.3) is 22.2 Å². The third kappa shape index (κ3) is 4.27. The van der Waals surface area contributed by atoms with E-state index < -0.39 is 0 Å². The molecule has 1 amide bonds. The van der Waals surface area contributed by atoms with E-state index in [4.69, 9.17) is 4.98 Å². The number of amides is 1. The fourth-order valence-electron chi connectivity index (χ4n) is 3.57. The van der Waals surface area contributed by atoms with Crippen LogP contribution in [-0.4, -0.2) is 26.2 Å². The topological polar surface area (TPSA) is 79.8 Å². The summed E-state index contributed by atoms with van der Waals surface area (Å²) in [6, 6.07) is 15.7. The molecule has 2 aromatic carbocycles. The lowest BCUT2D eigenvalue weighted by molar-refractivity contribution is -0.113. The van der Waals surface area contributed by atoms with Gasteiger partial charge in [0.2, 0.25) is 5.91 Å². The van der Waals surface area contributed by atoms with E-state index in [0.29, 0.717) is 22.7 Å². The molecule has 0 saturated heterocycles. The van der Waals surface area contributed by atoms with E-state index in [1.165, 1.54) is 11.8 Å². The molecule has 0 aliphatic heterocycles. The van der Waals surface area contributed by atoms with Crippen LogP contribution >= 0.6 is 11.8 Å². The summed E-state index contributed by atoms with van der Waals surface area (Å²) >= 11 is 1.27. The quantitative estimate of drug-likeness (QED) is 0.340. The predicted octanol–water partition coefficient (Wildman–Crippen LogP) is 4.76. The van der Waals surface area contributed by atoms with Gasteiger partial charge in [0.05, 0.1) is 5.75 Å². The Morgan fingerprint density at radius 3 is 2.65 bits per heavy atom. The highest BCUT2D eigenvalue weighted by Gasteiger charge is 2.17. The molecule has 6 nitrogen and oxygen atoms in total. The van der Waals surface area contributed by atoms with Crippen LogP contribution in [0.5, 0.6) is 0 Å². The van der Waals surface area contributed by atoms with E-state index in [9.17, 15) is 9.59 Å². The molecule has 0 aliphatic rings. The molecule has 31 heavy (non-hydrogen) atoms. The van der Waals surface area contributed by atoms with Gasteiger partial charge in [0, 0.05) is 24.0 Å². The lowest BCUT2D eigenvalue weighted by Gasteiger charge is -2.11. The van der Waals surface area contributed by atoms with Crippen molar-refractivity contribution in [2.24, 2.45) is 0 Å². The number of benzene rings is 2. The minimum absolute atomic E-state index is 0.132. The van der Waals surface area contributed by atoms with Crippen LogP contribution in [0.15, 0.2) is 64.7 Å². The average molecular weight is 433 g/mol. The fourth-order valence-corrected chi connectivity index (χ4v) is 4.43. The maximum Gasteiger partial charge on any atom is 0.278 e. The summed E-state index contributed by atoms with van der Waals surface area (Å²) in [5.74, 6) is 0.0300. The monoisotopic (exact) mass is 432 g/mol. The molecular formula is C24H24N4O2S. The first-order chi connectivity index (χ1) is 15.0. The number of anilines is 1. The highest BCUT2D eigenvalue weighted by Crippen LogP contribution is 2.27. The maximum atomic E-state index is 13.0. The zero-order chi connectivity index (χ0) is 22.0. The molecule has 0 bridgehead atoms. The van der Waals surface area contributed by atoms with Gasteiger partial charge in [-0.1, -0.05) is 59.8 Å². The first-order valence-corrected chi connectivity index (χ1v) is 11.1. The average Bonchev–Trinajstić information content (AvgIpc) is 3.19. The summed E-state index contributed by atoms with van der Waals surface area (Å²) in [6.07, 6.45) is 1.82. The molecular weight excluding hydrogens is 408 g/mol. The largest absolute Gasteiger partial charge is 0.355 e. The minimum atomic E-state index is -0.133. The zero-order valence-electron chi connectivity index (χ0n) is 17.7. The number of carbonyl (C=O) groups is 1. The number of nitrogens with one attached hydrogen (secondary N) is 2. The van der Waals surface area contributed by atoms with Crippen LogP contribution < -0.4 is 10.9 Å². The van der Waals surface area contributed by atoms with Gasteiger partial charge in [-0.25, -0.2) is 4.98 Å². The van der Waals surface area contributed by atoms with Crippen LogP contribution in [0.4, 0.5) is 5.69 Å². The lowest BCUT2D eigenvalue weighted by Crippen LogP contribution is -2.23. The van der Waals surface area contributed by atoms with Crippen LogP contribution in [0.1, 0.15) is 18.1 Å². The van der Waals surface area contributed by atoms with Gasteiger partial charge >= 0.3 is 0 Å². The van der Waals surface area contributed by atoms with Gasteiger partial charge < -0.3 is 10.3 Å². The lowest BCUT2D eigenvalue weighted by atomic mass is 10.1. The first kappa shape index (κ1) is 20.9. The molecule has 0 atom stereocenters. The van der Waals surface area contributed by atoms with E-state index in [0.717, 1.165) is 27.9 Å². The molecule has 0 spiro atoms. The summed E-state index contributed by atoms with van der Waals surface area (Å²) in [4.78, 5) is 33.4. The molecule has 4 aromatic rings. The van der Waals surface area contributed by atoms with E-state index in [2.05, 4.69) is 10.3 Å². The smallest absolute Gasteiger partial charge is 0.278 e. The van der Waals surface area contributed by atoms with Crippen LogP contribution in [0, 0.1) is 13.8 Å². The Balaban J connectivity index is 1.62. The molecule has 2 aromatic heterocycles. The number of thioether (sulfide) groups is 1. The van der Waals surface area contributed by atoms with Crippen LogP contribution in [0.2, 0.25) is 0 Å². The molecule has 2 heterocycles. The van der Waals surface area contributed by atoms with Crippen molar-refractivity contribution in [3.05, 3.63) is 76.2 Å². The number of aryl methyl sites for hydroxylation is 2. The standard InChI is InChI=1S/C24H24N4O2S/c1-4-28-23(30)22-21(18(13-25-22)17-8-6-5-7-9-17)27-24(28)31-14-20(29)26-19-11-10-15(2)12-16(19)3/h5-13,25H,4,14H2,1-3H3,(H,26,29). The Bertz CT molecular complexity index is 1310. The Morgan fingerprint density at radius 1 is 1.16 bits per heavy atom. The van der Waals surface area contributed by atoms with Crippen molar-refractivity contribution < 1.29 is 4.79 Å². The number of nitrogens with zero attached hydrogens (tertiary/aromatic N) is 2. The Hall–Kier alpha value is -3.32. The van der Waals surface area contributed by atoms with E-state index in [1.807, 2.05) is 75.5 Å². The van der Waals surface area contributed by atoms with Crippen molar-refractivity contribution >= 4 is 34.4 Å². The number of carbonyl (C=O) groups excluding carboxylic acids is 1. The van der Waals surface area contributed by atoms with Gasteiger partial charge in [-0.2, -0.15) is 0 Å². The summed E-state index contributed by atoms with van der Waals surface area (Å²) in [7, 11) is 0. The normalized spacial score (nSPS) is 11.1. The summed E-state index contributed by atoms with van der Waals surface area (Å²) < 4.78 is 1.60. The first-order valence-electron chi connectivity index (χ1n) is 10.1. The van der Waals surface area contributed by atoms with E-state index >= 15 is 0 Å². The van der Waals surface area contributed by atoms with E-state index in [-0.39, 0.29) is 17.2 Å². The van der Waals surface area contributed by atoms with Gasteiger partial charge in [0.25, 0.3) is 5.56 Å². The summed E-state index contributed by atoms with van der Waals surface area (Å²) in [5.41, 5.74) is 5.79. The number of rotatable bonds is 6. The maximum absolute atomic E-state index is 13.0. The second-order valence-electron chi connectivity index (χ2n) is 7.39. The van der Waals surface area contributed by atoms with Crippen molar-refractivity contribution in [2.45, 2.75) is 32.5 Å². The molecule has 0 saturated carbocycles. The highest BCUT2D eigenvalue weighted by molar-refractivity contribution is 7.99. The van der Waals surface area contributed by atoms with Gasteiger partial charge in [-0.3, -0.25) is 14.2 Å². The van der Waals surface area contributed by atoms with Crippen molar-refractivity contribution in [3.63, 3.8) is 0 Å². The fraction of sp³-hybridized carbons (Fsp3) is 0.208. The molecule has 0 unspecified atom stereocenters. The second kappa shape index (κ2) is 8.81. The molecule has 4 rings (SSSR count). The van der Waals surface area contributed by atoms with Crippen molar-refractivity contribution in [1.82, 2.24) is 14.5 Å². The number of hydrogen-bond donors (Lipinski definition) is 2. The summed E-state index contributed by atoms with van der Waals surface area (Å²) in [5, 5.41) is 3.48. The van der Waals surface area contributed by atoms with Crippen LogP contribution in [0.3, 0.4) is 0 Å². The Labute approximate surface area is 184 Å². The summed E-state index contributed by atoms with van der Waals surface area (Å²) in [6.45, 7) is 6.36. The highest BCUT2D eigenvalue weighted by atomic mass is 32.2. The Kier molecular flexibility index (Phi) is 5.95. The van der Waals surface area contributed by atoms with Crippen LogP contribution in [-0.2, 0) is 11.3 Å². The van der Waals surface area contributed by atoms with Gasteiger partial charge in [0.1, 0.15) is 11.0 Å². The molecule has 2 N–H and O–H groups in total. The minimum Gasteiger partial charge on any atom is -0.355 e. The molecule has 0 radical (unpaired) electrons. The number of aromatic amines is 1. The molecule has 0 fully saturated rings. The zero-order valence-corrected chi connectivity index (χ0v) is 18.5. The number of aromatic nitrogens is 3. The Morgan fingerprint density at radius 2 is 1.94 bits per heavy atom. The SMILES string of the molecule is CCn1c(SCC(=O)Nc2ccc(C)cc2C)nc2c(-c3ccccc3)c[nH]c2c1=O. The van der Waals surface area contributed by atoms with Crippen molar-refractivity contribution in [1.29, 1.82) is 0 Å². The van der Waals surface area contributed by atoms with Crippen molar-refractivity contribution in [2.75, 3.05) is 11.1 Å². The van der Waals surface area contributed by atoms with E-state index in [1.54, 1.807) is 4.57 Å². The van der Waals surface area contributed by atoms with Gasteiger partial charge in [0.15, 0.2) is 5.16 Å².